The molecule has 1 aromatic heterocycles. The maximum Gasteiger partial charge on any atom is 0.341 e. The van der Waals surface area contributed by atoms with Gasteiger partial charge in [0.2, 0.25) is 5.91 Å². The summed E-state index contributed by atoms with van der Waals surface area (Å²) in [6.45, 7) is 7.56. The Morgan fingerprint density at radius 2 is 2.05 bits per heavy atom. The van der Waals surface area contributed by atoms with Gasteiger partial charge in [-0.3, -0.25) is 4.79 Å². The fourth-order valence-corrected chi connectivity index (χ4v) is 2.50. The summed E-state index contributed by atoms with van der Waals surface area (Å²) >= 11 is 7.18. The number of nitrogens with one attached hydrogen (secondary N) is 1. The van der Waals surface area contributed by atoms with E-state index in [0.717, 1.165) is 11.3 Å². The molecule has 1 amide bonds. The summed E-state index contributed by atoms with van der Waals surface area (Å²) in [5, 5.41) is 3.32. The molecule has 6 heteroatoms. The number of hydrogen-bond donors (Lipinski definition) is 1. The molecule has 0 saturated carbocycles. The van der Waals surface area contributed by atoms with Crippen LogP contribution in [0.1, 0.15) is 42.9 Å². The molecule has 1 aromatic rings. The van der Waals surface area contributed by atoms with Gasteiger partial charge < -0.3 is 10.1 Å². The van der Waals surface area contributed by atoms with Crippen molar-refractivity contribution in [3.63, 3.8) is 0 Å². The number of ether oxygens (including phenoxy) is 1. The number of halogens is 1. The number of amides is 1. The molecular formula is C14H20ClNO3S. The lowest BCUT2D eigenvalue weighted by Crippen LogP contribution is -2.32. The number of thiophene rings is 1. The largest absolute Gasteiger partial charge is 0.462 e. The van der Waals surface area contributed by atoms with Crippen molar-refractivity contribution < 1.29 is 14.3 Å². The first-order valence-corrected chi connectivity index (χ1v) is 7.88. The van der Waals surface area contributed by atoms with E-state index in [4.69, 9.17) is 16.3 Å². The molecule has 0 bridgehead atoms. The van der Waals surface area contributed by atoms with Crippen LogP contribution in [-0.2, 0) is 16.0 Å². The normalized spacial score (nSPS) is 11.2. The molecule has 0 spiro atoms. The van der Waals surface area contributed by atoms with Crippen LogP contribution in [0.4, 0.5) is 5.00 Å². The number of alkyl halides is 1. The molecule has 1 heterocycles. The molecule has 0 unspecified atom stereocenters. The van der Waals surface area contributed by atoms with Gasteiger partial charge in [0.15, 0.2) is 0 Å². The SMILES string of the molecule is CCOC(=O)c1cc(CC)sc1NC(=O)C(C)(C)CCl. The molecule has 0 fully saturated rings. The summed E-state index contributed by atoms with van der Waals surface area (Å²) in [7, 11) is 0. The highest BCUT2D eigenvalue weighted by Crippen LogP contribution is 2.31. The van der Waals surface area contributed by atoms with E-state index in [1.54, 1.807) is 26.8 Å². The third-order valence-corrected chi connectivity index (χ3v) is 4.67. The third-order valence-electron chi connectivity index (χ3n) is 2.80. The van der Waals surface area contributed by atoms with Gasteiger partial charge in [0, 0.05) is 10.8 Å². The number of aryl methyl sites for hydroxylation is 1. The highest BCUT2D eigenvalue weighted by molar-refractivity contribution is 7.16. The van der Waals surface area contributed by atoms with Crippen LogP contribution in [-0.4, -0.2) is 24.4 Å². The zero-order valence-electron chi connectivity index (χ0n) is 12.2. The summed E-state index contributed by atoms with van der Waals surface area (Å²) < 4.78 is 5.01. The maximum atomic E-state index is 12.2. The minimum Gasteiger partial charge on any atom is -0.462 e. The topological polar surface area (TPSA) is 55.4 Å². The van der Waals surface area contributed by atoms with E-state index in [0.29, 0.717) is 17.2 Å². The zero-order valence-corrected chi connectivity index (χ0v) is 13.8. The molecule has 0 radical (unpaired) electrons. The fourth-order valence-electron chi connectivity index (χ4n) is 1.40. The molecule has 112 valence electrons. The second kappa shape index (κ2) is 7.09. The lowest BCUT2D eigenvalue weighted by atomic mass is 9.95. The fraction of sp³-hybridized carbons (Fsp3) is 0.571. The third kappa shape index (κ3) is 3.96. The quantitative estimate of drug-likeness (QED) is 0.643. The van der Waals surface area contributed by atoms with Crippen molar-refractivity contribution in [1.82, 2.24) is 0 Å². The van der Waals surface area contributed by atoms with Gasteiger partial charge in [0.1, 0.15) is 5.00 Å². The first-order valence-electron chi connectivity index (χ1n) is 6.53. The molecule has 20 heavy (non-hydrogen) atoms. The number of anilines is 1. The highest BCUT2D eigenvalue weighted by Gasteiger charge is 2.28. The zero-order chi connectivity index (χ0) is 15.3. The van der Waals surface area contributed by atoms with Crippen LogP contribution < -0.4 is 5.32 Å². The lowest BCUT2D eigenvalue weighted by Gasteiger charge is -2.20. The second-order valence-corrected chi connectivity index (χ2v) is 6.41. The standard InChI is InChI=1S/C14H20ClNO3S/c1-5-9-7-10(12(17)19-6-2)11(20-9)16-13(18)14(3,4)8-15/h7H,5-6,8H2,1-4H3,(H,16,18). The predicted octanol–water partition coefficient (Wildman–Crippen LogP) is 3.69. The minimum absolute atomic E-state index is 0.206. The number of carbonyl (C=O) groups is 2. The summed E-state index contributed by atoms with van der Waals surface area (Å²) in [6, 6.07) is 1.77. The van der Waals surface area contributed by atoms with E-state index < -0.39 is 11.4 Å². The Morgan fingerprint density at radius 1 is 1.40 bits per heavy atom. The van der Waals surface area contributed by atoms with Crippen LogP contribution in [0.15, 0.2) is 6.07 Å². The molecule has 0 aliphatic rings. The summed E-state index contributed by atoms with van der Waals surface area (Å²) in [5.41, 5.74) is -0.281. The number of carbonyl (C=O) groups excluding carboxylic acids is 2. The minimum atomic E-state index is -0.691. The number of rotatable bonds is 6. The molecule has 0 atom stereocenters. The van der Waals surface area contributed by atoms with Gasteiger partial charge in [-0.05, 0) is 33.3 Å². The van der Waals surface area contributed by atoms with E-state index in [1.807, 2.05) is 6.92 Å². The first kappa shape index (κ1) is 17.0. The van der Waals surface area contributed by atoms with Crippen LogP contribution >= 0.6 is 22.9 Å². The summed E-state index contributed by atoms with van der Waals surface area (Å²) in [6.07, 6.45) is 0.797. The second-order valence-electron chi connectivity index (χ2n) is 5.00. The predicted molar refractivity (Wildman–Crippen MR) is 82.8 cm³/mol. The van der Waals surface area contributed by atoms with E-state index in [1.165, 1.54) is 11.3 Å². The smallest absolute Gasteiger partial charge is 0.341 e. The number of esters is 1. The van der Waals surface area contributed by atoms with Crippen LogP contribution in [0.3, 0.4) is 0 Å². The Hall–Kier alpha value is -1.07. The summed E-state index contributed by atoms with van der Waals surface area (Å²) in [5.74, 6) is -0.412. The highest BCUT2D eigenvalue weighted by atomic mass is 35.5. The van der Waals surface area contributed by atoms with E-state index >= 15 is 0 Å². The van der Waals surface area contributed by atoms with Crippen LogP contribution in [0, 0.1) is 5.41 Å². The monoisotopic (exact) mass is 317 g/mol. The van der Waals surface area contributed by atoms with Crippen LogP contribution in [0.25, 0.3) is 0 Å². The molecule has 0 aliphatic carbocycles. The Balaban J connectivity index is 3.02. The van der Waals surface area contributed by atoms with Gasteiger partial charge in [-0.15, -0.1) is 22.9 Å². The van der Waals surface area contributed by atoms with Gasteiger partial charge in [-0.25, -0.2) is 4.79 Å². The Kier molecular flexibility index (Phi) is 6.02. The van der Waals surface area contributed by atoms with Gasteiger partial charge in [0.05, 0.1) is 17.6 Å². The summed E-state index contributed by atoms with van der Waals surface area (Å²) in [4.78, 5) is 25.1. The Labute approximate surface area is 128 Å². The van der Waals surface area contributed by atoms with Crippen molar-refractivity contribution in [1.29, 1.82) is 0 Å². The Morgan fingerprint density at radius 3 is 2.55 bits per heavy atom. The molecular weight excluding hydrogens is 298 g/mol. The molecule has 1 rings (SSSR count). The van der Waals surface area contributed by atoms with Gasteiger partial charge in [0.25, 0.3) is 0 Å². The average Bonchev–Trinajstić information content (AvgIpc) is 2.82. The van der Waals surface area contributed by atoms with Gasteiger partial charge in [-0.1, -0.05) is 6.92 Å². The Bertz CT molecular complexity index is 497. The van der Waals surface area contributed by atoms with Crippen molar-refractivity contribution in [2.45, 2.75) is 34.1 Å². The van der Waals surface area contributed by atoms with E-state index in [-0.39, 0.29) is 11.8 Å². The van der Waals surface area contributed by atoms with Crippen molar-refractivity contribution in [2.75, 3.05) is 17.8 Å². The average molecular weight is 318 g/mol. The molecule has 0 saturated heterocycles. The molecule has 4 nitrogen and oxygen atoms in total. The molecule has 0 aromatic carbocycles. The van der Waals surface area contributed by atoms with E-state index in [2.05, 4.69) is 5.32 Å². The van der Waals surface area contributed by atoms with Crippen molar-refractivity contribution in [3.05, 3.63) is 16.5 Å². The van der Waals surface area contributed by atoms with E-state index in [9.17, 15) is 9.59 Å². The number of hydrogen-bond acceptors (Lipinski definition) is 4. The lowest BCUT2D eigenvalue weighted by molar-refractivity contribution is -0.122. The van der Waals surface area contributed by atoms with Crippen molar-refractivity contribution in [2.24, 2.45) is 5.41 Å². The van der Waals surface area contributed by atoms with Crippen molar-refractivity contribution >= 4 is 39.8 Å². The van der Waals surface area contributed by atoms with Crippen LogP contribution in [0.2, 0.25) is 0 Å². The van der Waals surface area contributed by atoms with Gasteiger partial charge in [-0.2, -0.15) is 0 Å². The molecule has 1 N–H and O–H groups in total. The molecule has 0 aliphatic heterocycles. The van der Waals surface area contributed by atoms with Crippen LogP contribution in [0.5, 0.6) is 0 Å². The van der Waals surface area contributed by atoms with Crippen molar-refractivity contribution in [3.8, 4) is 0 Å². The first-order chi connectivity index (χ1) is 9.35. The van der Waals surface area contributed by atoms with Gasteiger partial charge >= 0.3 is 5.97 Å². The maximum absolute atomic E-state index is 12.2.